The molecule has 116 valence electrons. The van der Waals surface area contributed by atoms with Gasteiger partial charge in [0.25, 0.3) is 5.91 Å². The van der Waals surface area contributed by atoms with Crippen LogP contribution in [-0.4, -0.2) is 46.6 Å². The average molecular weight is 291 g/mol. The molecule has 2 N–H and O–H groups in total. The van der Waals surface area contributed by atoms with E-state index in [0.717, 1.165) is 24.5 Å². The first-order valence-corrected chi connectivity index (χ1v) is 7.74. The van der Waals surface area contributed by atoms with Crippen LogP contribution in [-0.2, 0) is 0 Å². The van der Waals surface area contributed by atoms with Crippen LogP contribution >= 0.6 is 0 Å². The van der Waals surface area contributed by atoms with E-state index in [0.29, 0.717) is 25.1 Å². The Kier molecular flexibility index (Phi) is 5.17. The number of carbonyl (C=O) groups is 1. The Morgan fingerprint density at radius 3 is 2.86 bits per heavy atom. The van der Waals surface area contributed by atoms with Crippen LogP contribution in [0.5, 0.6) is 0 Å². The zero-order valence-electron chi connectivity index (χ0n) is 13.1. The van der Waals surface area contributed by atoms with E-state index < -0.39 is 6.10 Å². The highest BCUT2D eigenvalue weighted by molar-refractivity contribution is 5.95. The summed E-state index contributed by atoms with van der Waals surface area (Å²) in [6.07, 6.45) is 1.28. The lowest BCUT2D eigenvalue weighted by atomic mass is 10.1. The normalized spacial score (nSPS) is 18.3. The van der Waals surface area contributed by atoms with Crippen LogP contribution in [0, 0.1) is 0 Å². The van der Waals surface area contributed by atoms with Crippen molar-refractivity contribution in [1.82, 2.24) is 9.88 Å². The molecule has 0 aromatic carbocycles. The number of rotatable bonds is 5. The van der Waals surface area contributed by atoms with Crippen LogP contribution in [0.3, 0.4) is 0 Å². The Morgan fingerprint density at radius 1 is 1.52 bits per heavy atom. The predicted octanol–water partition coefficient (Wildman–Crippen LogP) is 2.23. The molecule has 1 atom stereocenters. The summed E-state index contributed by atoms with van der Waals surface area (Å²) in [5.41, 5.74) is 1.57. The number of nitrogens with zero attached hydrogens (tertiary/aromatic N) is 2. The third-order valence-corrected chi connectivity index (χ3v) is 3.69. The highest BCUT2D eigenvalue weighted by Gasteiger charge is 2.26. The molecule has 1 aromatic rings. The molecule has 1 saturated heterocycles. The second-order valence-corrected chi connectivity index (χ2v) is 5.94. The number of β-amino-alcohol motifs (C(OH)–C–C–N with tert-alkyl or cyclic N) is 1. The van der Waals surface area contributed by atoms with Crippen LogP contribution in [0.2, 0.25) is 0 Å². The molecule has 0 spiro atoms. The van der Waals surface area contributed by atoms with Gasteiger partial charge in [-0.1, -0.05) is 20.8 Å². The topological polar surface area (TPSA) is 65.5 Å². The molecule has 1 aliphatic rings. The molecule has 1 unspecified atom stereocenters. The summed E-state index contributed by atoms with van der Waals surface area (Å²) in [5.74, 6) is 1.01. The van der Waals surface area contributed by atoms with Crippen molar-refractivity contribution in [3.63, 3.8) is 0 Å². The lowest BCUT2D eigenvalue weighted by Crippen LogP contribution is -2.29. The van der Waals surface area contributed by atoms with Crippen LogP contribution in [0.25, 0.3) is 0 Å². The van der Waals surface area contributed by atoms with Gasteiger partial charge in [0, 0.05) is 30.9 Å². The van der Waals surface area contributed by atoms with Gasteiger partial charge in [-0.15, -0.1) is 0 Å². The smallest absolute Gasteiger partial charge is 0.254 e. The number of amides is 1. The van der Waals surface area contributed by atoms with Gasteiger partial charge < -0.3 is 15.3 Å². The van der Waals surface area contributed by atoms with Crippen molar-refractivity contribution < 1.29 is 9.90 Å². The van der Waals surface area contributed by atoms with E-state index >= 15 is 0 Å². The van der Waals surface area contributed by atoms with Crippen LogP contribution in [0.4, 0.5) is 5.82 Å². The van der Waals surface area contributed by atoms with Gasteiger partial charge in [-0.2, -0.15) is 0 Å². The summed E-state index contributed by atoms with van der Waals surface area (Å²) < 4.78 is 0. The molecule has 1 aliphatic heterocycles. The lowest BCUT2D eigenvalue weighted by Gasteiger charge is -2.18. The number of hydrogen-bond donors (Lipinski definition) is 2. The third-order valence-electron chi connectivity index (χ3n) is 3.69. The van der Waals surface area contributed by atoms with E-state index in [1.165, 1.54) is 0 Å². The first-order chi connectivity index (χ1) is 10.0. The van der Waals surface area contributed by atoms with Crippen molar-refractivity contribution in [3.8, 4) is 0 Å². The summed E-state index contributed by atoms with van der Waals surface area (Å²) in [7, 11) is 0. The third kappa shape index (κ3) is 3.94. The summed E-state index contributed by atoms with van der Waals surface area (Å²) in [6.45, 7) is 8.12. The maximum atomic E-state index is 12.6. The molecular formula is C16H25N3O2. The Labute approximate surface area is 126 Å². The molecule has 5 heteroatoms. The van der Waals surface area contributed by atoms with Crippen molar-refractivity contribution in [2.24, 2.45) is 0 Å². The number of carbonyl (C=O) groups excluding carboxylic acids is 1. The Bertz CT molecular complexity index is 502. The number of aliphatic hydroxyl groups is 1. The quantitative estimate of drug-likeness (QED) is 0.873. The molecule has 0 bridgehead atoms. The molecule has 2 heterocycles. The highest BCUT2D eigenvalue weighted by atomic mass is 16.3. The van der Waals surface area contributed by atoms with Gasteiger partial charge in [0.05, 0.1) is 6.10 Å². The van der Waals surface area contributed by atoms with E-state index in [1.807, 2.05) is 12.1 Å². The molecule has 21 heavy (non-hydrogen) atoms. The number of likely N-dealkylation sites (tertiary alicyclic amines) is 1. The Balaban J connectivity index is 2.24. The lowest BCUT2D eigenvalue weighted by molar-refractivity contribution is 0.0765. The molecular weight excluding hydrogens is 266 g/mol. The fourth-order valence-corrected chi connectivity index (χ4v) is 2.42. The SMILES string of the molecule is CCCNc1cc(C(=O)N2CCC(O)C2)cc(C(C)C)n1. The van der Waals surface area contributed by atoms with Crippen molar-refractivity contribution in [3.05, 3.63) is 23.4 Å². The number of nitrogens with one attached hydrogen (secondary N) is 1. The number of aliphatic hydroxyl groups excluding tert-OH is 1. The molecule has 0 radical (unpaired) electrons. The van der Waals surface area contributed by atoms with Gasteiger partial charge in [0.1, 0.15) is 5.82 Å². The minimum Gasteiger partial charge on any atom is -0.391 e. The number of aromatic nitrogens is 1. The summed E-state index contributed by atoms with van der Waals surface area (Å²) in [4.78, 5) is 18.8. The second kappa shape index (κ2) is 6.89. The van der Waals surface area contributed by atoms with Crippen molar-refractivity contribution in [2.45, 2.75) is 45.6 Å². The maximum absolute atomic E-state index is 12.6. The molecule has 2 rings (SSSR count). The summed E-state index contributed by atoms with van der Waals surface area (Å²) in [5, 5.41) is 12.8. The van der Waals surface area contributed by atoms with E-state index in [2.05, 4.69) is 31.1 Å². The molecule has 1 amide bonds. The highest BCUT2D eigenvalue weighted by Crippen LogP contribution is 2.20. The van der Waals surface area contributed by atoms with Gasteiger partial charge in [0.15, 0.2) is 0 Å². The van der Waals surface area contributed by atoms with Gasteiger partial charge in [0.2, 0.25) is 0 Å². The van der Waals surface area contributed by atoms with E-state index in [4.69, 9.17) is 0 Å². The molecule has 1 aromatic heterocycles. The zero-order chi connectivity index (χ0) is 15.4. The van der Waals surface area contributed by atoms with Crippen LogP contribution < -0.4 is 5.32 Å². The number of anilines is 1. The fraction of sp³-hybridized carbons (Fsp3) is 0.625. The van der Waals surface area contributed by atoms with Gasteiger partial charge in [-0.3, -0.25) is 4.79 Å². The maximum Gasteiger partial charge on any atom is 0.254 e. The zero-order valence-corrected chi connectivity index (χ0v) is 13.1. The first-order valence-electron chi connectivity index (χ1n) is 7.74. The molecule has 5 nitrogen and oxygen atoms in total. The van der Waals surface area contributed by atoms with E-state index in [-0.39, 0.29) is 11.8 Å². The minimum atomic E-state index is -0.391. The van der Waals surface area contributed by atoms with E-state index in [1.54, 1.807) is 4.90 Å². The van der Waals surface area contributed by atoms with E-state index in [9.17, 15) is 9.90 Å². The average Bonchev–Trinajstić information content (AvgIpc) is 2.90. The Morgan fingerprint density at radius 2 is 2.29 bits per heavy atom. The van der Waals surface area contributed by atoms with Crippen molar-refractivity contribution >= 4 is 11.7 Å². The molecule has 0 saturated carbocycles. The van der Waals surface area contributed by atoms with Gasteiger partial charge >= 0.3 is 0 Å². The standard InChI is InChI=1S/C16H25N3O2/c1-4-6-17-15-9-12(8-14(18-15)11(2)3)16(21)19-7-5-13(20)10-19/h8-9,11,13,20H,4-7,10H2,1-3H3,(H,17,18). The number of hydrogen-bond acceptors (Lipinski definition) is 4. The summed E-state index contributed by atoms with van der Waals surface area (Å²) >= 11 is 0. The first kappa shape index (κ1) is 15.8. The van der Waals surface area contributed by atoms with Gasteiger partial charge in [-0.05, 0) is 30.9 Å². The van der Waals surface area contributed by atoms with Crippen LogP contribution in [0.15, 0.2) is 12.1 Å². The van der Waals surface area contributed by atoms with Crippen molar-refractivity contribution in [2.75, 3.05) is 25.0 Å². The molecule has 1 fully saturated rings. The largest absolute Gasteiger partial charge is 0.391 e. The number of pyridine rings is 1. The van der Waals surface area contributed by atoms with Gasteiger partial charge in [-0.25, -0.2) is 4.98 Å². The Hall–Kier alpha value is -1.62. The minimum absolute atomic E-state index is 0.0181. The fourth-order valence-electron chi connectivity index (χ4n) is 2.42. The second-order valence-electron chi connectivity index (χ2n) is 5.94. The van der Waals surface area contributed by atoms with Crippen LogP contribution in [0.1, 0.15) is 55.6 Å². The summed E-state index contributed by atoms with van der Waals surface area (Å²) in [6, 6.07) is 3.68. The molecule has 0 aliphatic carbocycles. The predicted molar refractivity (Wildman–Crippen MR) is 83.6 cm³/mol. The monoisotopic (exact) mass is 291 g/mol. The van der Waals surface area contributed by atoms with Crippen molar-refractivity contribution in [1.29, 1.82) is 0 Å².